The van der Waals surface area contributed by atoms with E-state index >= 15 is 0 Å². The highest BCUT2D eigenvalue weighted by atomic mass is 16.4. The van der Waals surface area contributed by atoms with E-state index in [9.17, 15) is 4.79 Å². The maximum atomic E-state index is 10.6. The molecule has 76 valence electrons. The summed E-state index contributed by atoms with van der Waals surface area (Å²) in [6.45, 7) is 2.12. The van der Waals surface area contributed by atoms with Crippen LogP contribution < -0.4 is 0 Å². The summed E-state index contributed by atoms with van der Waals surface area (Å²) in [6, 6.07) is 0.379. The van der Waals surface area contributed by atoms with E-state index < -0.39 is 5.97 Å². The molecular weight excluding hydrogens is 180 g/mol. The second kappa shape index (κ2) is 3.44. The summed E-state index contributed by atoms with van der Waals surface area (Å²) in [4.78, 5) is 14.5. The maximum Gasteiger partial charge on any atom is 0.356 e. The van der Waals surface area contributed by atoms with E-state index in [1.807, 2.05) is 4.57 Å². The summed E-state index contributed by atoms with van der Waals surface area (Å²) < 4.78 is 1.91. The van der Waals surface area contributed by atoms with Gasteiger partial charge in [-0.05, 0) is 25.7 Å². The number of imidazole rings is 1. The average Bonchev–Trinajstić information content (AvgIpc) is 2.48. The zero-order valence-electron chi connectivity index (χ0n) is 8.18. The number of nitrogens with zero attached hydrogens (tertiary/aromatic N) is 2. The SMILES string of the molecule is C[C@H](C1CCC1)n1cnc(C(=O)O)c1. The first-order valence-corrected chi connectivity index (χ1v) is 4.95. The first-order valence-electron chi connectivity index (χ1n) is 4.95. The predicted molar refractivity (Wildman–Crippen MR) is 51.2 cm³/mol. The van der Waals surface area contributed by atoms with Gasteiger partial charge in [-0.1, -0.05) is 6.42 Å². The summed E-state index contributed by atoms with van der Waals surface area (Å²) in [5.41, 5.74) is 0.135. The van der Waals surface area contributed by atoms with E-state index in [1.54, 1.807) is 12.5 Å². The Labute approximate surface area is 82.6 Å². The van der Waals surface area contributed by atoms with Crippen LogP contribution in [0, 0.1) is 5.92 Å². The highest BCUT2D eigenvalue weighted by Gasteiger charge is 2.25. The molecule has 1 fully saturated rings. The minimum absolute atomic E-state index is 0.135. The van der Waals surface area contributed by atoms with Gasteiger partial charge in [-0.15, -0.1) is 0 Å². The summed E-state index contributed by atoms with van der Waals surface area (Å²) in [6.07, 6.45) is 7.04. The lowest BCUT2D eigenvalue weighted by Gasteiger charge is -2.31. The normalized spacial score (nSPS) is 18.9. The Morgan fingerprint density at radius 2 is 2.43 bits per heavy atom. The van der Waals surface area contributed by atoms with E-state index in [1.165, 1.54) is 19.3 Å². The lowest BCUT2D eigenvalue weighted by atomic mass is 9.80. The van der Waals surface area contributed by atoms with Gasteiger partial charge in [0.15, 0.2) is 5.69 Å². The standard InChI is InChI=1S/C10H14N2O2/c1-7(8-3-2-4-8)12-5-9(10(13)14)11-6-12/h5-8H,2-4H2,1H3,(H,13,14)/t7-/m1/s1. The molecule has 0 unspecified atom stereocenters. The van der Waals surface area contributed by atoms with Gasteiger partial charge < -0.3 is 9.67 Å². The molecule has 0 aromatic carbocycles. The van der Waals surface area contributed by atoms with E-state index in [0.717, 1.165) is 0 Å². The minimum atomic E-state index is -0.954. The highest BCUT2D eigenvalue weighted by molar-refractivity contribution is 5.84. The van der Waals surface area contributed by atoms with Crippen molar-refractivity contribution in [3.8, 4) is 0 Å². The third-order valence-electron chi connectivity index (χ3n) is 3.12. The largest absolute Gasteiger partial charge is 0.476 e. The lowest BCUT2D eigenvalue weighted by molar-refractivity contribution is 0.0691. The van der Waals surface area contributed by atoms with Gasteiger partial charge >= 0.3 is 5.97 Å². The molecular formula is C10H14N2O2. The number of carboxylic acid groups (broad SMARTS) is 1. The van der Waals surface area contributed by atoms with Crippen molar-refractivity contribution in [2.24, 2.45) is 5.92 Å². The van der Waals surface area contributed by atoms with Crippen LogP contribution in [0.3, 0.4) is 0 Å². The summed E-state index contributed by atoms with van der Waals surface area (Å²) >= 11 is 0. The van der Waals surface area contributed by atoms with Gasteiger partial charge in [0.2, 0.25) is 0 Å². The Bertz CT molecular complexity index is 342. The second-order valence-corrected chi connectivity index (χ2v) is 3.94. The lowest BCUT2D eigenvalue weighted by Crippen LogP contribution is -2.22. The number of rotatable bonds is 3. The quantitative estimate of drug-likeness (QED) is 0.800. The predicted octanol–water partition coefficient (Wildman–Crippen LogP) is 1.94. The smallest absolute Gasteiger partial charge is 0.356 e. The van der Waals surface area contributed by atoms with Crippen LogP contribution in [0.2, 0.25) is 0 Å². The van der Waals surface area contributed by atoms with Gasteiger partial charge in [0.05, 0.1) is 6.33 Å². The number of aromatic nitrogens is 2. The molecule has 14 heavy (non-hydrogen) atoms. The molecule has 0 aliphatic heterocycles. The Hall–Kier alpha value is -1.32. The summed E-state index contributed by atoms with van der Waals surface area (Å²) in [7, 11) is 0. The van der Waals surface area contributed by atoms with E-state index in [-0.39, 0.29) is 5.69 Å². The van der Waals surface area contributed by atoms with Gasteiger partial charge in [0.25, 0.3) is 0 Å². The van der Waals surface area contributed by atoms with Crippen LogP contribution >= 0.6 is 0 Å². The molecule has 1 aromatic rings. The number of carbonyl (C=O) groups is 1. The molecule has 0 amide bonds. The molecule has 0 saturated heterocycles. The van der Waals surface area contributed by atoms with Crippen LogP contribution in [0.5, 0.6) is 0 Å². The van der Waals surface area contributed by atoms with Crippen molar-refractivity contribution < 1.29 is 9.90 Å². The minimum Gasteiger partial charge on any atom is -0.476 e. The molecule has 1 saturated carbocycles. The van der Waals surface area contributed by atoms with Crippen LogP contribution in [-0.2, 0) is 0 Å². The Kier molecular flexibility index (Phi) is 2.27. The zero-order chi connectivity index (χ0) is 10.1. The first-order chi connectivity index (χ1) is 6.68. The maximum absolute atomic E-state index is 10.6. The van der Waals surface area contributed by atoms with Crippen molar-refractivity contribution in [2.75, 3.05) is 0 Å². The number of hydrogen-bond donors (Lipinski definition) is 1. The third kappa shape index (κ3) is 1.52. The van der Waals surface area contributed by atoms with E-state index in [4.69, 9.17) is 5.11 Å². The highest BCUT2D eigenvalue weighted by Crippen LogP contribution is 2.35. The van der Waals surface area contributed by atoms with Crippen molar-refractivity contribution in [1.29, 1.82) is 0 Å². The van der Waals surface area contributed by atoms with Crippen LogP contribution in [0.1, 0.15) is 42.7 Å². The summed E-state index contributed by atoms with van der Waals surface area (Å²) in [5, 5.41) is 8.71. The van der Waals surface area contributed by atoms with Gasteiger partial charge in [0, 0.05) is 12.2 Å². The van der Waals surface area contributed by atoms with Gasteiger partial charge in [-0.3, -0.25) is 0 Å². The van der Waals surface area contributed by atoms with Crippen LogP contribution in [0.25, 0.3) is 0 Å². The Morgan fingerprint density at radius 3 is 2.86 bits per heavy atom. The molecule has 4 nitrogen and oxygen atoms in total. The molecule has 0 bridgehead atoms. The average molecular weight is 194 g/mol. The van der Waals surface area contributed by atoms with Crippen molar-refractivity contribution in [3.05, 3.63) is 18.2 Å². The van der Waals surface area contributed by atoms with E-state index in [0.29, 0.717) is 12.0 Å². The molecule has 1 aromatic heterocycles. The second-order valence-electron chi connectivity index (χ2n) is 3.94. The first kappa shape index (κ1) is 9.24. The summed E-state index contributed by atoms with van der Waals surface area (Å²) in [5.74, 6) is -0.254. The van der Waals surface area contributed by atoms with Gasteiger partial charge in [-0.2, -0.15) is 0 Å². The third-order valence-corrected chi connectivity index (χ3v) is 3.12. The number of carboxylic acids is 1. The van der Waals surface area contributed by atoms with Crippen molar-refractivity contribution >= 4 is 5.97 Å². The molecule has 1 heterocycles. The number of aromatic carboxylic acids is 1. The van der Waals surface area contributed by atoms with Crippen molar-refractivity contribution in [2.45, 2.75) is 32.2 Å². The Morgan fingerprint density at radius 1 is 1.71 bits per heavy atom. The van der Waals surface area contributed by atoms with Crippen LogP contribution in [0.4, 0.5) is 0 Å². The fraction of sp³-hybridized carbons (Fsp3) is 0.600. The molecule has 1 aliphatic carbocycles. The number of hydrogen-bond acceptors (Lipinski definition) is 2. The topological polar surface area (TPSA) is 55.1 Å². The molecule has 1 aliphatic rings. The van der Waals surface area contributed by atoms with Gasteiger partial charge in [0.1, 0.15) is 0 Å². The van der Waals surface area contributed by atoms with E-state index in [2.05, 4.69) is 11.9 Å². The fourth-order valence-electron chi connectivity index (χ4n) is 1.84. The molecule has 0 radical (unpaired) electrons. The zero-order valence-corrected chi connectivity index (χ0v) is 8.18. The van der Waals surface area contributed by atoms with Crippen LogP contribution in [0.15, 0.2) is 12.5 Å². The molecule has 1 atom stereocenters. The molecule has 1 N–H and O–H groups in total. The fourth-order valence-corrected chi connectivity index (χ4v) is 1.84. The molecule has 4 heteroatoms. The van der Waals surface area contributed by atoms with Gasteiger partial charge in [-0.25, -0.2) is 9.78 Å². The molecule has 2 rings (SSSR count). The van der Waals surface area contributed by atoms with Crippen LogP contribution in [-0.4, -0.2) is 20.6 Å². The molecule has 0 spiro atoms. The Balaban J connectivity index is 2.11. The van der Waals surface area contributed by atoms with Crippen molar-refractivity contribution in [1.82, 2.24) is 9.55 Å². The van der Waals surface area contributed by atoms with Crippen molar-refractivity contribution in [3.63, 3.8) is 0 Å². The monoisotopic (exact) mass is 194 g/mol.